The Bertz CT molecular complexity index is 987. The molecule has 0 aliphatic carbocycles. The van der Waals surface area contributed by atoms with Crippen molar-refractivity contribution in [2.75, 3.05) is 7.05 Å². The number of hydrogen-bond donors (Lipinski definition) is 0. The summed E-state index contributed by atoms with van der Waals surface area (Å²) in [6, 6.07) is 5.87. The van der Waals surface area contributed by atoms with Crippen molar-refractivity contribution in [3.05, 3.63) is 52.1 Å². The maximum absolute atomic E-state index is 12.9. The quantitative estimate of drug-likeness (QED) is 0.540. The number of aliphatic imine (C=N–C) groups is 1. The van der Waals surface area contributed by atoms with E-state index in [-0.39, 0.29) is 11.6 Å². The van der Waals surface area contributed by atoms with Crippen LogP contribution in [0.4, 0.5) is 0 Å². The lowest BCUT2D eigenvalue weighted by molar-refractivity contribution is 0.487. The third-order valence-electron chi connectivity index (χ3n) is 4.77. The molecular formula is C24H31N3O. The molecule has 0 fully saturated rings. The van der Waals surface area contributed by atoms with E-state index in [2.05, 4.69) is 30.7 Å². The zero-order valence-electron chi connectivity index (χ0n) is 17.7. The fourth-order valence-electron chi connectivity index (χ4n) is 3.34. The largest absolute Gasteiger partial charge is 0.293 e. The van der Waals surface area contributed by atoms with Crippen molar-refractivity contribution in [3.8, 4) is 11.8 Å². The first-order valence-electron chi connectivity index (χ1n) is 10.3. The first-order chi connectivity index (χ1) is 13.6. The molecule has 0 radical (unpaired) electrons. The van der Waals surface area contributed by atoms with Crippen LogP contribution in [-0.2, 0) is 6.42 Å². The molecule has 4 heteroatoms. The van der Waals surface area contributed by atoms with E-state index in [0.29, 0.717) is 5.39 Å². The average Bonchev–Trinajstić information content (AvgIpc) is 2.91. The second-order valence-corrected chi connectivity index (χ2v) is 6.70. The molecule has 1 unspecified atom stereocenters. The van der Waals surface area contributed by atoms with Gasteiger partial charge in [0.05, 0.1) is 10.9 Å². The lowest BCUT2D eigenvalue weighted by Gasteiger charge is -2.16. The summed E-state index contributed by atoms with van der Waals surface area (Å²) >= 11 is 0. The molecule has 148 valence electrons. The molecule has 0 bridgehead atoms. The van der Waals surface area contributed by atoms with Crippen LogP contribution >= 0.6 is 0 Å². The van der Waals surface area contributed by atoms with Crippen LogP contribution in [0.25, 0.3) is 10.9 Å². The Morgan fingerprint density at radius 3 is 2.86 bits per heavy atom. The van der Waals surface area contributed by atoms with Crippen LogP contribution in [0.5, 0.6) is 0 Å². The van der Waals surface area contributed by atoms with Gasteiger partial charge in [-0.15, -0.1) is 0 Å². The Morgan fingerprint density at radius 2 is 2.14 bits per heavy atom. The standard InChI is InChI=1S/C22H25N3O.C2H6/c1-4-5-9-18(23-3)13-11-17-12-14-19-20(15-17)24-21-10-7-6-8-16(2)25(21)22(19)26;1-2/h5,9,12,14-16H,4,6-8,10H2,1-3H3;1-2H3/b9-5-,23-18?;. The molecule has 1 aromatic carbocycles. The third kappa shape index (κ3) is 4.98. The van der Waals surface area contributed by atoms with E-state index in [1.165, 1.54) is 0 Å². The van der Waals surface area contributed by atoms with Crippen molar-refractivity contribution >= 4 is 16.6 Å². The number of aromatic nitrogens is 2. The maximum atomic E-state index is 12.9. The lowest BCUT2D eigenvalue weighted by Crippen LogP contribution is -2.27. The Morgan fingerprint density at radius 1 is 1.36 bits per heavy atom. The molecule has 3 rings (SSSR count). The Hall–Kier alpha value is -2.67. The number of benzene rings is 1. The van der Waals surface area contributed by atoms with E-state index < -0.39 is 0 Å². The molecule has 0 amide bonds. The van der Waals surface area contributed by atoms with E-state index >= 15 is 0 Å². The van der Waals surface area contributed by atoms with Gasteiger partial charge >= 0.3 is 0 Å². The molecule has 1 aliphatic heterocycles. The van der Waals surface area contributed by atoms with Gasteiger partial charge in [0.25, 0.3) is 5.56 Å². The van der Waals surface area contributed by atoms with E-state index in [1.807, 2.05) is 48.8 Å². The molecule has 28 heavy (non-hydrogen) atoms. The van der Waals surface area contributed by atoms with Crippen LogP contribution in [0, 0.1) is 11.8 Å². The van der Waals surface area contributed by atoms with Crippen molar-refractivity contribution in [1.29, 1.82) is 0 Å². The van der Waals surface area contributed by atoms with Crippen molar-refractivity contribution in [1.82, 2.24) is 9.55 Å². The maximum Gasteiger partial charge on any atom is 0.261 e. The van der Waals surface area contributed by atoms with Crippen molar-refractivity contribution in [2.45, 2.75) is 65.8 Å². The van der Waals surface area contributed by atoms with E-state index in [0.717, 1.165) is 54.7 Å². The van der Waals surface area contributed by atoms with Crippen molar-refractivity contribution in [3.63, 3.8) is 0 Å². The van der Waals surface area contributed by atoms with Gasteiger partial charge in [-0.2, -0.15) is 0 Å². The Kier molecular flexibility index (Phi) is 8.19. The normalized spacial score (nSPS) is 16.6. The number of fused-ring (bicyclic) bond motifs is 2. The smallest absolute Gasteiger partial charge is 0.261 e. The average molecular weight is 378 g/mol. The topological polar surface area (TPSA) is 47.2 Å². The highest BCUT2D eigenvalue weighted by atomic mass is 16.1. The molecule has 4 nitrogen and oxygen atoms in total. The summed E-state index contributed by atoms with van der Waals surface area (Å²) in [5.74, 6) is 7.12. The van der Waals surface area contributed by atoms with E-state index in [4.69, 9.17) is 4.98 Å². The number of aryl methyl sites for hydroxylation is 1. The molecule has 1 aromatic heterocycles. The predicted octanol–water partition coefficient (Wildman–Crippen LogP) is 5.10. The molecule has 2 heterocycles. The van der Waals surface area contributed by atoms with Crippen LogP contribution in [0.1, 0.15) is 70.8 Å². The molecule has 0 spiro atoms. The van der Waals surface area contributed by atoms with E-state index in [1.54, 1.807) is 7.05 Å². The van der Waals surface area contributed by atoms with Gasteiger partial charge in [0.15, 0.2) is 0 Å². The predicted molar refractivity (Wildman–Crippen MR) is 119 cm³/mol. The van der Waals surface area contributed by atoms with Crippen LogP contribution < -0.4 is 5.56 Å². The Balaban J connectivity index is 0.00000136. The summed E-state index contributed by atoms with van der Waals surface area (Å²) in [4.78, 5) is 21.9. The number of rotatable bonds is 2. The fraction of sp³-hybridized carbons (Fsp3) is 0.458. The number of hydrogen-bond acceptors (Lipinski definition) is 3. The molecular weight excluding hydrogens is 346 g/mol. The monoisotopic (exact) mass is 377 g/mol. The minimum Gasteiger partial charge on any atom is -0.293 e. The SMILES string of the molecule is CC.CC/C=C\C(C#Cc1ccc2c(=O)n3c(nc2c1)CCCCC3C)=NC. The van der Waals surface area contributed by atoms with Crippen molar-refractivity contribution in [2.24, 2.45) is 4.99 Å². The van der Waals surface area contributed by atoms with Gasteiger partial charge < -0.3 is 0 Å². The van der Waals surface area contributed by atoms with Gasteiger partial charge in [-0.05, 0) is 56.4 Å². The second-order valence-electron chi connectivity index (χ2n) is 6.70. The second kappa shape index (κ2) is 10.6. The highest BCUT2D eigenvalue weighted by Crippen LogP contribution is 2.22. The molecule has 0 saturated carbocycles. The zero-order chi connectivity index (χ0) is 20.5. The number of allylic oxidation sites excluding steroid dienone is 2. The highest BCUT2D eigenvalue weighted by molar-refractivity contribution is 6.09. The summed E-state index contributed by atoms with van der Waals surface area (Å²) < 4.78 is 1.89. The first-order valence-corrected chi connectivity index (χ1v) is 10.3. The molecule has 1 atom stereocenters. The summed E-state index contributed by atoms with van der Waals surface area (Å²) in [5, 5.41) is 0.670. The van der Waals surface area contributed by atoms with Crippen molar-refractivity contribution < 1.29 is 0 Å². The molecule has 1 aliphatic rings. The fourth-order valence-corrected chi connectivity index (χ4v) is 3.34. The zero-order valence-corrected chi connectivity index (χ0v) is 17.7. The molecule has 2 aromatic rings. The van der Waals surface area contributed by atoms with Crippen LogP contribution in [0.3, 0.4) is 0 Å². The van der Waals surface area contributed by atoms with Crippen LogP contribution in [-0.4, -0.2) is 22.3 Å². The minimum atomic E-state index is 0.0700. The summed E-state index contributed by atoms with van der Waals surface area (Å²) in [7, 11) is 1.74. The van der Waals surface area contributed by atoms with Gasteiger partial charge in [0.2, 0.25) is 0 Å². The van der Waals surface area contributed by atoms with Crippen LogP contribution in [0.2, 0.25) is 0 Å². The highest BCUT2D eigenvalue weighted by Gasteiger charge is 2.18. The molecule has 0 saturated heterocycles. The summed E-state index contributed by atoms with van der Waals surface area (Å²) in [6.45, 7) is 8.19. The van der Waals surface area contributed by atoms with Gasteiger partial charge in [0.1, 0.15) is 11.5 Å². The molecule has 0 N–H and O–H groups in total. The van der Waals surface area contributed by atoms with Crippen LogP contribution in [0.15, 0.2) is 40.1 Å². The third-order valence-corrected chi connectivity index (χ3v) is 4.77. The lowest BCUT2D eigenvalue weighted by atomic mass is 10.1. The van der Waals surface area contributed by atoms with E-state index in [9.17, 15) is 4.79 Å². The first kappa shape index (κ1) is 21.6. The van der Waals surface area contributed by atoms with Gasteiger partial charge in [-0.1, -0.05) is 39.2 Å². The van der Waals surface area contributed by atoms with Gasteiger partial charge in [-0.3, -0.25) is 14.4 Å². The number of nitrogens with zero attached hydrogens (tertiary/aromatic N) is 3. The summed E-state index contributed by atoms with van der Waals surface area (Å²) in [6.07, 6.45) is 9.04. The van der Waals surface area contributed by atoms with Gasteiger partial charge in [-0.25, -0.2) is 4.98 Å². The summed E-state index contributed by atoms with van der Waals surface area (Å²) in [5.41, 5.74) is 2.40. The van der Waals surface area contributed by atoms with Gasteiger partial charge in [0, 0.05) is 25.1 Å². The minimum absolute atomic E-state index is 0.0700. The Labute approximate surface area is 168 Å².